The Hall–Kier alpha value is -3.80. The van der Waals surface area contributed by atoms with Crippen molar-refractivity contribution in [1.82, 2.24) is 9.80 Å². The summed E-state index contributed by atoms with van der Waals surface area (Å²) in [5.74, 6) is 3.04. The molecule has 6 heteroatoms. The highest BCUT2D eigenvalue weighted by molar-refractivity contribution is 5.96. The molecule has 0 radical (unpaired) electrons. The van der Waals surface area contributed by atoms with Crippen LogP contribution in [0, 0.1) is 23.2 Å². The fraction of sp³-hybridized carbons (Fsp3) is 0.500. The Bertz CT molecular complexity index is 1580. The molecular formula is C40H49N3O3. The van der Waals surface area contributed by atoms with Gasteiger partial charge in [-0.25, -0.2) is 0 Å². The molecule has 3 aromatic rings. The molecule has 4 aliphatic carbocycles. The van der Waals surface area contributed by atoms with Crippen molar-refractivity contribution in [2.45, 2.75) is 64.7 Å². The zero-order valence-electron chi connectivity index (χ0n) is 28.0. The molecule has 0 aromatic heterocycles. The van der Waals surface area contributed by atoms with E-state index in [4.69, 9.17) is 0 Å². The molecule has 2 amide bonds. The molecule has 242 valence electrons. The molecule has 5 fully saturated rings. The van der Waals surface area contributed by atoms with Gasteiger partial charge in [0.2, 0.25) is 0 Å². The average Bonchev–Trinajstić information content (AvgIpc) is 3.03. The van der Waals surface area contributed by atoms with Crippen LogP contribution in [0.2, 0.25) is 0 Å². The summed E-state index contributed by atoms with van der Waals surface area (Å²) in [5.41, 5.74) is 5.66. The Labute approximate surface area is 274 Å². The summed E-state index contributed by atoms with van der Waals surface area (Å²) in [4.78, 5) is 33.5. The maximum Gasteiger partial charge on any atom is 0.254 e. The van der Waals surface area contributed by atoms with E-state index in [1.807, 2.05) is 53.2 Å². The Kier molecular flexibility index (Phi) is 7.89. The van der Waals surface area contributed by atoms with Crippen molar-refractivity contribution in [3.05, 3.63) is 83.4 Å². The molecule has 0 unspecified atom stereocenters. The third-order valence-electron chi connectivity index (χ3n) is 11.4. The fourth-order valence-electron chi connectivity index (χ4n) is 9.48. The molecule has 3 aromatic carbocycles. The lowest BCUT2D eigenvalue weighted by atomic mass is 9.49. The van der Waals surface area contributed by atoms with E-state index in [1.165, 1.54) is 38.5 Å². The van der Waals surface area contributed by atoms with Gasteiger partial charge in [0.1, 0.15) is 5.75 Å². The smallest absolute Gasteiger partial charge is 0.254 e. The van der Waals surface area contributed by atoms with Gasteiger partial charge in [0.25, 0.3) is 11.8 Å². The van der Waals surface area contributed by atoms with Gasteiger partial charge >= 0.3 is 0 Å². The SMILES string of the molecule is CN(CC12CC3CC(CC(C3)C1)C2)C(=O)c1ccc(N2CCN(C(=O)c3cc(-c4cccc(O)c4)cc(C(C)(C)C)c3)CC2)cc1. The predicted octanol–water partition coefficient (Wildman–Crippen LogP) is 7.61. The highest BCUT2D eigenvalue weighted by Crippen LogP contribution is 2.60. The molecule has 1 N–H and O–H groups in total. The fourth-order valence-corrected chi connectivity index (χ4v) is 9.48. The Morgan fingerprint density at radius 3 is 2.02 bits per heavy atom. The van der Waals surface area contributed by atoms with E-state index < -0.39 is 0 Å². The van der Waals surface area contributed by atoms with E-state index in [9.17, 15) is 14.7 Å². The highest BCUT2D eigenvalue weighted by Gasteiger charge is 2.51. The van der Waals surface area contributed by atoms with Gasteiger partial charge in [-0.3, -0.25) is 9.59 Å². The molecule has 1 aliphatic heterocycles. The van der Waals surface area contributed by atoms with Crippen LogP contribution in [0.15, 0.2) is 66.7 Å². The monoisotopic (exact) mass is 619 g/mol. The van der Waals surface area contributed by atoms with Gasteiger partial charge in [-0.15, -0.1) is 0 Å². The lowest BCUT2D eigenvalue weighted by Crippen LogP contribution is -2.51. The maximum atomic E-state index is 13.8. The number of hydrogen-bond acceptors (Lipinski definition) is 4. The van der Waals surface area contributed by atoms with Gasteiger partial charge in [-0.2, -0.15) is 0 Å². The van der Waals surface area contributed by atoms with Crippen LogP contribution in [0.5, 0.6) is 5.75 Å². The van der Waals surface area contributed by atoms with Crippen LogP contribution in [0.3, 0.4) is 0 Å². The lowest BCUT2D eigenvalue weighted by molar-refractivity contribution is -0.0629. The maximum absolute atomic E-state index is 13.8. The van der Waals surface area contributed by atoms with E-state index in [1.54, 1.807) is 12.1 Å². The Balaban J connectivity index is 0.986. The van der Waals surface area contributed by atoms with Gasteiger partial charge in [-0.05, 0) is 132 Å². The summed E-state index contributed by atoms with van der Waals surface area (Å²) in [6.07, 6.45) is 8.20. The average molecular weight is 620 g/mol. The number of benzene rings is 3. The number of phenolic OH excluding ortho intramolecular Hbond substituents is 1. The lowest BCUT2D eigenvalue weighted by Gasteiger charge is -2.57. The first-order chi connectivity index (χ1) is 21.9. The minimum Gasteiger partial charge on any atom is -0.508 e. The molecule has 46 heavy (non-hydrogen) atoms. The van der Waals surface area contributed by atoms with Gasteiger partial charge in [0, 0.05) is 56.6 Å². The number of carbonyl (C=O) groups excluding carboxylic acids is 2. The van der Waals surface area contributed by atoms with Crippen LogP contribution in [0.1, 0.15) is 85.6 Å². The van der Waals surface area contributed by atoms with Gasteiger partial charge < -0.3 is 19.8 Å². The van der Waals surface area contributed by atoms with Crippen molar-refractivity contribution < 1.29 is 14.7 Å². The number of piperazine rings is 1. The van der Waals surface area contributed by atoms with Crippen LogP contribution in [-0.2, 0) is 5.41 Å². The summed E-state index contributed by atoms with van der Waals surface area (Å²) < 4.78 is 0. The van der Waals surface area contributed by atoms with Gasteiger partial charge in [0.05, 0.1) is 0 Å². The number of rotatable bonds is 6. The zero-order chi connectivity index (χ0) is 32.2. The van der Waals surface area contributed by atoms with Gasteiger partial charge in [0.15, 0.2) is 0 Å². The van der Waals surface area contributed by atoms with E-state index in [0.717, 1.165) is 65.3 Å². The molecular weight excluding hydrogens is 570 g/mol. The quantitative estimate of drug-likeness (QED) is 0.309. The number of nitrogens with zero attached hydrogens (tertiary/aromatic N) is 3. The van der Waals surface area contributed by atoms with Crippen molar-refractivity contribution in [2.75, 3.05) is 44.7 Å². The first kappa shape index (κ1) is 30.8. The summed E-state index contributed by atoms with van der Waals surface area (Å²) in [7, 11) is 1.99. The van der Waals surface area contributed by atoms with Crippen LogP contribution < -0.4 is 4.90 Å². The summed E-state index contributed by atoms with van der Waals surface area (Å²) in [6.45, 7) is 10.1. The Morgan fingerprint density at radius 1 is 0.804 bits per heavy atom. The molecule has 0 atom stereocenters. The second kappa shape index (κ2) is 11.8. The number of carbonyl (C=O) groups is 2. The number of anilines is 1. The number of phenols is 1. The van der Waals surface area contributed by atoms with E-state index >= 15 is 0 Å². The molecule has 0 spiro atoms. The summed E-state index contributed by atoms with van der Waals surface area (Å²) in [5, 5.41) is 10.1. The summed E-state index contributed by atoms with van der Waals surface area (Å²) in [6, 6.07) is 21.4. The largest absolute Gasteiger partial charge is 0.508 e. The van der Waals surface area contributed by atoms with Crippen molar-refractivity contribution in [2.24, 2.45) is 23.2 Å². The zero-order valence-corrected chi connectivity index (χ0v) is 28.0. The number of amides is 2. The third kappa shape index (κ3) is 6.15. The van der Waals surface area contributed by atoms with Crippen molar-refractivity contribution in [1.29, 1.82) is 0 Å². The minimum atomic E-state index is -0.127. The van der Waals surface area contributed by atoms with Crippen LogP contribution in [0.25, 0.3) is 11.1 Å². The van der Waals surface area contributed by atoms with E-state index in [-0.39, 0.29) is 23.0 Å². The molecule has 4 bridgehead atoms. The first-order valence-electron chi connectivity index (χ1n) is 17.3. The standard InChI is InChI=1S/C40H49N3O3/c1-39(2,3)34-20-32(31-6-5-7-36(44)22-31)19-33(21-34)38(46)43-14-12-42(13-15-43)35-10-8-30(9-11-35)37(45)41(4)26-40-23-27-16-28(24-40)18-29(17-27)25-40/h5-11,19-22,27-29,44H,12-18,23-26H2,1-4H3. The van der Waals surface area contributed by atoms with Crippen LogP contribution in [0.4, 0.5) is 5.69 Å². The van der Waals surface area contributed by atoms with E-state index in [2.05, 4.69) is 43.9 Å². The van der Waals surface area contributed by atoms with Crippen molar-refractivity contribution >= 4 is 17.5 Å². The predicted molar refractivity (Wildman–Crippen MR) is 184 cm³/mol. The van der Waals surface area contributed by atoms with Crippen molar-refractivity contribution in [3.63, 3.8) is 0 Å². The van der Waals surface area contributed by atoms with Gasteiger partial charge in [-0.1, -0.05) is 39.0 Å². The minimum absolute atomic E-state index is 0.0372. The first-order valence-corrected chi connectivity index (χ1v) is 17.3. The van der Waals surface area contributed by atoms with E-state index in [0.29, 0.717) is 24.1 Å². The normalized spacial score (nSPS) is 25.5. The molecule has 6 nitrogen and oxygen atoms in total. The molecule has 8 rings (SSSR count). The molecule has 4 saturated carbocycles. The Morgan fingerprint density at radius 2 is 1.43 bits per heavy atom. The second-order valence-corrected chi connectivity index (χ2v) is 16.0. The second-order valence-electron chi connectivity index (χ2n) is 16.0. The van der Waals surface area contributed by atoms with Crippen LogP contribution in [-0.4, -0.2) is 66.5 Å². The topological polar surface area (TPSA) is 64.1 Å². The highest BCUT2D eigenvalue weighted by atomic mass is 16.3. The number of aromatic hydroxyl groups is 1. The summed E-state index contributed by atoms with van der Waals surface area (Å²) >= 11 is 0. The third-order valence-corrected chi connectivity index (χ3v) is 11.4. The number of hydrogen-bond donors (Lipinski definition) is 1. The molecule has 5 aliphatic rings. The molecule has 1 heterocycles. The molecule has 1 saturated heterocycles. The van der Waals surface area contributed by atoms with Crippen LogP contribution >= 0.6 is 0 Å². The van der Waals surface area contributed by atoms with Crippen molar-refractivity contribution in [3.8, 4) is 16.9 Å².